The van der Waals surface area contributed by atoms with Gasteiger partial charge >= 0.3 is 0 Å². The standard InChI is InChI=1S/C25H26N2O/c1-19-15-24-22(16-23(19)27-18-21-9-6-14-26-17-21)11-13-25(2,28-24)12-10-20-7-4-3-5-8-20/h3-9,11,13-17,27H,10,12,18H2,1-2H3. The fourth-order valence-corrected chi connectivity index (χ4v) is 3.53. The first kappa shape index (κ1) is 18.3. The molecular formula is C25H26N2O. The Labute approximate surface area is 167 Å². The van der Waals surface area contributed by atoms with Crippen LogP contribution in [0.5, 0.6) is 5.75 Å². The van der Waals surface area contributed by atoms with Crippen LogP contribution in [0.3, 0.4) is 0 Å². The van der Waals surface area contributed by atoms with Crippen molar-refractivity contribution < 1.29 is 4.74 Å². The molecule has 1 unspecified atom stereocenters. The van der Waals surface area contributed by atoms with Crippen LogP contribution in [-0.4, -0.2) is 10.6 Å². The summed E-state index contributed by atoms with van der Waals surface area (Å²) in [6, 6.07) is 18.9. The SMILES string of the molecule is Cc1cc2c(cc1NCc1cccnc1)C=CC(C)(CCc1ccccc1)O2. The van der Waals surface area contributed by atoms with Crippen LogP contribution in [-0.2, 0) is 13.0 Å². The number of ether oxygens (including phenoxy) is 1. The fourth-order valence-electron chi connectivity index (χ4n) is 3.53. The molecule has 0 fully saturated rings. The highest BCUT2D eigenvalue weighted by molar-refractivity contribution is 5.68. The van der Waals surface area contributed by atoms with Crippen molar-refractivity contribution in [2.24, 2.45) is 0 Å². The number of rotatable bonds is 6. The minimum Gasteiger partial charge on any atom is -0.483 e. The van der Waals surface area contributed by atoms with Crippen LogP contribution in [0.25, 0.3) is 6.08 Å². The molecule has 0 bridgehead atoms. The molecule has 1 aromatic heterocycles. The third-order valence-corrected chi connectivity index (χ3v) is 5.27. The van der Waals surface area contributed by atoms with Crippen molar-refractivity contribution in [1.82, 2.24) is 4.98 Å². The van der Waals surface area contributed by atoms with Crippen molar-refractivity contribution in [2.75, 3.05) is 5.32 Å². The predicted octanol–water partition coefficient (Wildman–Crippen LogP) is 5.80. The molecule has 2 heterocycles. The highest BCUT2D eigenvalue weighted by Gasteiger charge is 2.27. The lowest BCUT2D eigenvalue weighted by Crippen LogP contribution is -2.32. The van der Waals surface area contributed by atoms with Gasteiger partial charge in [0.1, 0.15) is 11.4 Å². The molecule has 3 heteroatoms. The zero-order chi connectivity index (χ0) is 19.4. The molecule has 0 saturated carbocycles. The van der Waals surface area contributed by atoms with Gasteiger partial charge in [0.15, 0.2) is 0 Å². The average molecular weight is 370 g/mol. The molecule has 3 aromatic rings. The van der Waals surface area contributed by atoms with Crippen LogP contribution in [0.15, 0.2) is 73.1 Å². The van der Waals surface area contributed by atoms with Gasteiger partial charge < -0.3 is 10.1 Å². The summed E-state index contributed by atoms with van der Waals surface area (Å²) in [5.41, 5.74) is 5.67. The van der Waals surface area contributed by atoms with Crippen molar-refractivity contribution in [2.45, 2.75) is 38.8 Å². The summed E-state index contributed by atoms with van der Waals surface area (Å²) in [6.45, 7) is 5.04. The molecule has 28 heavy (non-hydrogen) atoms. The molecule has 0 amide bonds. The van der Waals surface area contributed by atoms with E-state index in [1.54, 1.807) is 6.20 Å². The van der Waals surface area contributed by atoms with E-state index in [1.165, 1.54) is 16.7 Å². The first-order chi connectivity index (χ1) is 13.6. The number of fused-ring (bicyclic) bond motifs is 1. The maximum atomic E-state index is 6.42. The van der Waals surface area contributed by atoms with Crippen LogP contribution in [0.4, 0.5) is 5.69 Å². The molecule has 1 aliphatic rings. The van der Waals surface area contributed by atoms with Gasteiger partial charge in [0.2, 0.25) is 0 Å². The summed E-state index contributed by atoms with van der Waals surface area (Å²) in [5.74, 6) is 0.961. The van der Waals surface area contributed by atoms with Gasteiger partial charge in [-0.3, -0.25) is 4.98 Å². The second-order valence-electron chi connectivity index (χ2n) is 7.65. The first-order valence-corrected chi connectivity index (χ1v) is 9.81. The normalized spacial score (nSPS) is 17.6. The summed E-state index contributed by atoms with van der Waals surface area (Å²) in [4.78, 5) is 4.17. The molecule has 0 aliphatic carbocycles. The summed E-state index contributed by atoms with van der Waals surface area (Å²) in [6.07, 6.45) is 10.0. The van der Waals surface area contributed by atoms with E-state index in [1.807, 2.05) is 12.3 Å². The van der Waals surface area contributed by atoms with Crippen molar-refractivity contribution >= 4 is 11.8 Å². The third kappa shape index (κ3) is 4.25. The second kappa shape index (κ2) is 7.89. The fraction of sp³-hybridized carbons (Fsp3) is 0.240. The Balaban J connectivity index is 1.46. The third-order valence-electron chi connectivity index (χ3n) is 5.27. The Bertz CT molecular complexity index is 967. The highest BCUT2D eigenvalue weighted by Crippen LogP contribution is 2.36. The largest absolute Gasteiger partial charge is 0.483 e. The Hall–Kier alpha value is -3.07. The van der Waals surface area contributed by atoms with E-state index in [0.717, 1.165) is 36.4 Å². The minimum atomic E-state index is -0.278. The number of nitrogens with zero attached hydrogens (tertiary/aromatic N) is 1. The maximum Gasteiger partial charge on any atom is 0.128 e. The summed E-state index contributed by atoms with van der Waals surface area (Å²) in [5, 5.41) is 3.52. The minimum absolute atomic E-state index is 0.278. The molecule has 3 nitrogen and oxygen atoms in total. The smallest absolute Gasteiger partial charge is 0.128 e. The van der Waals surface area contributed by atoms with Gasteiger partial charge in [0, 0.05) is 30.2 Å². The van der Waals surface area contributed by atoms with E-state index in [-0.39, 0.29) is 5.60 Å². The topological polar surface area (TPSA) is 34.2 Å². The van der Waals surface area contributed by atoms with Crippen molar-refractivity contribution in [3.05, 3.63) is 95.3 Å². The van der Waals surface area contributed by atoms with Crippen molar-refractivity contribution in [3.63, 3.8) is 0 Å². The molecule has 1 atom stereocenters. The Morgan fingerprint density at radius 1 is 1.04 bits per heavy atom. The summed E-state index contributed by atoms with van der Waals surface area (Å²) in [7, 11) is 0. The van der Waals surface area contributed by atoms with E-state index in [2.05, 4.69) is 84.8 Å². The molecule has 1 N–H and O–H groups in total. The molecule has 142 valence electrons. The van der Waals surface area contributed by atoms with Gasteiger partial charge in [-0.15, -0.1) is 0 Å². The van der Waals surface area contributed by atoms with Gasteiger partial charge in [-0.1, -0.05) is 42.5 Å². The number of anilines is 1. The summed E-state index contributed by atoms with van der Waals surface area (Å²) < 4.78 is 6.42. The maximum absolute atomic E-state index is 6.42. The molecule has 0 radical (unpaired) electrons. The second-order valence-corrected chi connectivity index (χ2v) is 7.65. The highest BCUT2D eigenvalue weighted by atomic mass is 16.5. The predicted molar refractivity (Wildman–Crippen MR) is 116 cm³/mol. The van der Waals surface area contributed by atoms with Gasteiger partial charge in [-0.05, 0) is 67.7 Å². The summed E-state index contributed by atoms with van der Waals surface area (Å²) >= 11 is 0. The van der Waals surface area contributed by atoms with Crippen LogP contribution >= 0.6 is 0 Å². The van der Waals surface area contributed by atoms with E-state index in [4.69, 9.17) is 4.74 Å². The van der Waals surface area contributed by atoms with Crippen LogP contribution < -0.4 is 10.1 Å². The lowest BCUT2D eigenvalue weighted by Gasteiger charge is -2.32. The van der Waals surface area contributed by atoms with Gasteiger partial charge in [-0.2, -0.15) is 0 Å². The van der Waals surface area contributed by atoms with Crippen LogP contribution in [0.1, 0.15) is 35.6 Å². The molecule has 2 aromatic carbocycles. The molecule has 1 aliphatic heterocycles. The van der Waals surface area contributed by atoms with E-state index in [9.17, 15) is 0 Å². The average Bonchev–Trinajstić information content (AvgIpc) is 2.72. The number of hydrogen-bond donors (Lipinski definition) is 1. The van der Waals surface area contributed by atoms with E-state index >= 15 is 0 Å². The van der Waals surface area contributed by atoms with Gasteiger partial charge in [0.25, 0.3) is 0 Å². The number of nitrogens with one attached hydrogen (secondary N) is 1. The van der Waals surface area contributed by atoms with Gasteiger partial charge in [-0.25, -0.2) is 0 Å². The number of hydrogen-bond acceptors (Lipinski definition) is 3. The lowest BCUT2D eigenvalue weighted by atomic mass is 9.92. The monoisotopic (exact) mass is 370 g/mol. The van der Waals surface area contributed by atoms with Crippen molar-refractivity contribution in [1.29, 1.82) is 0 Å². The van der Waals surface area contributed by atoms with E-state index in [0.29, 0.717) is 0 Å². The van der Waals surface area contributed by atoms with Crippen LogP contribution in [0, 0.1) is 6.92 Å². The number of aromatic nitrogens is 1. The Morgan fingerprint density at radius 3 is 2.64 bits per heavy atom. The molecule has 0 spiro atoms. The number of aryl methyl sites for hydroxylation is 2. The Morgan fingerprint density at radius 2 is 1.86 bits per heavy atom. The molecular weight excluding hydrogens is 344 g/mol. The Kier molecular flexibility index (Phi) is 5.16. The zero-order valence-corrected chi connectivity index (χ0v) is 16.5. The van der Waals surface area contributed by atoms with Gasteiger partial charge in [0.05, 0.1) is 0 Å². The zero-order valence-electron chi connectivity index (χ0n) is 16.5. The number of pyridine rings is 1. The molecule has 0 saturated heterocycles. The lowest BCUT2D eigenvalue weighted by molar-refractivity contribution is 0.128. The van der Waals surface area contributed by atoms with Crippen LogP contribution in [0.2, 0.25) is 0 Å². The number of benzene rings is 2. The first-order valence-electron chi connectivity index (χ1n) is 9.81. The van der Waals surface area contributed by atoms with Crippen molar-refractivity contribution in [3.8, 4) is 5.75 Å². The van der Waals surface area contributed by atoms with E-state index < -0.39 is 0 Å². The molecule has 4 rings (SSSR count). The quantitative estimate of drug-likeness (QED) is 0.595.